The van der Waals surface area contributed by atoms with Crippen molar-refractivity contribution in [2.24, 2.45) is 5.92 Å². The number of amides is 1. The molecule has 5 rings (SSSR count). The molecule has 1 aromatic heterocycles. The summed E-state index contributed by atoms with van der Waals surface area (Å²) in [6.07, 6.45) is 10.3. The summed E-state index contributed by atoms with van der Waals surface area (Å²) in [6.45, 7) is 4.13. The van der Waals surface area contributed by atoms with Crippen molar-refractivity contribution in [3.8, 4) is 0 Å². The summed E-state index contributed by atoms with van der Waals surface area (Å²) in [6, 6.07) is 4.17. The van der Waals surface area contributed by atoms with Crippen molar-refractivity contribution in [2.75, 3.05) is 12.0 Å². The highest BCUT2D eigenvalue weighted by atomic mass is 16.5. The number of carboxylic acids is 1. The largest absolute Gasteiger partial charge is 0.481 e. The van der Waals surface area contributed by atoms with Crippen molar-refractivity contribution in [1.29, 1.82) is 0 Å². The molecule has 0 saturated heterocycles. The van der Waals surface area contributed by atoms with E-state index in [0.717, 1.165) is 73.1 Å². The number of rotatable bonds is 5. The van der Waals surface area contributed by atoms with E-state index in [1.807, 2.05) is 13.0 Å². The molecule has 3 aliphatic rings. The van der Waals surface area contributed by atoms with Gasteiger partial charge in [0.2, 0.25) is 0 Å². The van der Waals surface area contributed by atoms with Crippen molar-refractivity contribution in [2.45, 2.75) is 109 Å². The van der Waals surface area contributed by atoms with Crippen LogP contribution in [-0.2, 0) is 20.7 Å². The van der Waals surface area contributed by atoms with Crippen molar-refractivity contribution in [3.05, 3.63) is 23.5 Å². The average Bonchev–Trinajstić information content (AvgIpc) is 3.29. The van der Waals surface area contributed by atoms with Crippen LogP contribution in [0.4, 0.5) is 10.5 Å². The van der Waals surface area contributed by atoms with E-state index >= 15 is 0 Å². The Morgan fingerprint density at radius 2 is 1.86 bits per heavy atom. The summed E-state index contributed by atoms with van der Waals surface area (Å²) in [5.41, 5.74) is 3.83. The first-order chi connectivity index (χ1) is 17.4. The molecule has 2 saturated carbocycles. The lowest BCUT2D eigenvalue weighted by atomic mass is 9.85. The molecule has 8 heteroatoms. The molecular formula is C28H39N3O5. The van der Waals surface area contributed by atoms with Crippen molar-refractivity contribution < 1.29 is 24.2 Å². The third-order valence-electron chi connectivity index (χ3n) is 8.53. The molecular weight excluding hydrogens is 458 g/mol. The number of fused-ring (bicyclic) bond motifs is 3. The fourth-order valence-electron chi connectivity index (χ4n) is 6.64. The SMILES string of the molecule is COC(=O)N1c2ccc3c(nc(C(C)OC4CCCCC4)n3C3CCCC(C(=O)O)C3)c2CC[C@@H]1C. The minimum atomic E-state index is -0.711. The van der Waals surface area contributed by atoms with Crippen molar-refractivity contribution >= 4 is 28.8 Å². The van der Waals surface area contributed by atoms with Crippen molar-refractivity contribution in [1.82, 2.24) is 9.55 Å². The second kappa shape index (κ2) is 10.4. The number of carbonyl (C=O) groups is 2. The van der Waals surface area contributed by atoms with Crippen LogP contribution in [0.15, 0.2) is 12.1 Å². The van der Waals surface area contributed by atoms with E-state index in [0.29, 0.717) is 6.42 Å². The fourth-order valence-corrected chi connectivity index (χ4v) is 6.64. The van der Waals surface area contributed by atoms with Gasteiger partial charge in [-0.15, -0.1) is 0 Å². The molecule has 2 aromatic rings. The van der Waals surface area contributed by atoms with Crippen LogP contribution >= 0.6 is 0 Å². The summed E-state index contributed by atoms with van der Waals surface area (Å²) in [4.78, 5) is 31.4. The van der Waals surface area contributed by atoms with Crippen molar-refractivity contribution in [3.63, 3.8) is 0 Å². The number of hydrogen-bond acceptors (Lipinski definition) is 5. The van der Waals surface area contributed by atoms with E-state index in [4.69, 9.17) is 14.5 Å². The Morgan fingerprint density at radius 1 is 1.08 bits per heavy atom. The number of aromatic nitrogens is 2. The molecule has 2 fully saturated rings. The fraction of sp³-hybridized carbons (Fsp3) is 0.679. The standard InChI is InChI=1S/C28H39N3O5/c1-17-12-13-22-23(30(17)28(34)35-3)14-15-24-25(22)29-26(18(2)36-21-10-5-4-6-11-21)31(24)20-9-7-8-19(16-20)27(32)33/h14-15,17-21H,4-13,16H2,1-3H3,(H,32,33)/t17-,18?,19?,20?/m0/s1. The first kappa shape index (κ1) is 25.1. The second-order valence-corrected chi connectivity index (χ2v) is 10.9. The lowest BCUT2D eigenvalue weighted by Gasteiger charge is -2.34. The molecule has 1 aromatic carbocycles. The zero-order chi connectivity index (χ0) is 25.4. The lowest BCUT2D eigenvalue weighted by Crippen LogP contribution is -2.42. The maximum absolute atomic E-state index is 12.6. The van der Waals surface area contributed by atoms with Crippen LogP contribution in [0.5, 0.6) is 0 Å². The van der Waals surface area contributed by atoms with Crippen LogP contribution in [0, 0.1) is 5.92 Å². The monoisotopic (exact) mass is 497 g/mol. The quantitative estimate of drug-likeness (QED) is 0.531. The summed E-state index contributed by atoms with van der Waals surface area (Å²) in [7, 11) is 1.42. The highest BCUT2D eigenvalue weighted by molar-refractivity contribution is 5.95. The Balaban J connectivity index is 1.60. The van der Waals surface area contributed by atoms with Gasteiger partial charge in [-0.25, -0.2) is 9.78 Å². The number of carbonyl (C=O) groups excluding carboxylic acids is 1. The molecule has 8 nitrogen and oxygen atoms in total. The van der Waals surface area contributed by atoms with Gasteiger partial charge in [0.1, 0.15) is 11.9 Å². The number of anilines is 1. The number of hydrogen-bond donors (Lipinski definition) is 1. The molecule has 1 aliphatic heterocycles. The van der Waals surface area contributed by atoms with E-state index < -0.39 is 5.97 Å². The number of carboxylic acid groups (broad SMARTS) is 1. The molecule has 196 valence electrons. The maximum atomic E-state index is 12.6. The van der Waals surface area contributed by atoms with Crippen LogP contribution in [-0.4, -0.2) is 46.0 Å². The molecule has 4 atom stereocenters. The molecule has 2 heterocycles. The number of nitrogens with zero attached hydrogens (tertiary/aromatic N) is 3. The van der Waals surface area contributed by atoms with Gasteiger partial charge in [-0.3, -0.25) is 9.69 Å². The summed E-state index contributed by atoms with van der Waals surface area (Å²) in [5, 5.41) is 9.75. The topological polar surface area (TPSA) is 93.9 Å². The number of aryl methyl sites for hydroxylation is 1. The molecule has 0 radical (unpaired) electrons. The highest BCUT2D eigenvalue weighted by Gasteiger charge is 2.35. The van der Waals surface area contributed by atoms with E-state index in [1.165, 1.54) is 26.4 Å². The molecule has 1 amide bonds. The Hall–Kier alpha value is -2.61. The zero-order valence-electron chi connectivity index (χ0n) is 21.7. The number of aliphatic carboxylic acids is 1. The second-order valence-electron chi connectivity index (χ2n) is 10.9. The van der Waals surface area contributed by atoms with Crippen LogP contribution in [0.3, 0.4) is 0 Å². The van der Waals surface area contributed by atoms with Crippen LogP contribution in [0.25, 0.3) is 11.0 Å². The van der Waals surface area contributed by atoms with Gasteiger partial charge in [-0.2, -0.15) is 0 Å². The van der Waals surface area contributed by atoms with Gasteiger partial charge < -0.3 is 19.1 Å². The number of methoxy groups -OCH3 is 1. The van der Waals surface area contributed by atoms with Crippen LogP contribution < -0.4 is 4.90 Å². The van der Waals surface area contributed by atoms with Gasteiger partial charge in [0.15, 0.2) is 0 Å². The first-order valence-corrected chi connectivity index (χ1v) is 13.7. The Morgan fingerprint density at radius 3 is 2.58 bits per heavy atom. The first-order valence-electron chi connectivity index (χ1n) is 13.7. The third-order valence-corrected chi connectivity index (χ3v) is 8.53. The van der Waals surface area contributed by atoms with E-state index in [2.05, 4.69) is 17.6 Å². The Labute approximate surface area is 213 Å². The minimum Gasteiger partial charge on any atom is -0.481 e. The van der Waals surface area contributed by atoms with E-state index in [9.17, 15) is 14.7 Å². The van der Waals surface area contributed by atoms with Gasteiger partial charge in [0.25, 0.3) is 0 Å². The highest BCUT2D eigenvalue weighted by Crippen LogP contribution is 2.42. The van der Waals surface area contributed by atoms with E-state index in [-0.39, 0.29) is 36.3 Å². The van der Waals surface area contributed by atoms with Gasteiger partial charge >= 0.3 is 12.1 Å². The Kier molecular flexibility index (Phi) is 7.24. The zero-order valence-corrected chi connectivity index (χ0v) is 21.7. The predicted octanol–water partition coefficient (Wildman–Crippen LogP) is 6.17. The molecule has 1 N–H and O–H groups in total. The summed E-state index contributed by atoms with van der Waals surface area (Å²) < 4.78 is 13.9. The number of ether oxygens (including phenoxy) is 2. The maximum Gasteiger partial charge on any atom is 0.414 e. The smallest absolute Gasteiger partial charge is 0.414 e. The van der Waals surface area contributed by atoms with Crippen LogP contribution in [0.1, 0.15) is 102 Å². The molecule has 0 spiro atoms. The average molecular weight is 498 g/mol. The Bertz CT molecular complexity index is 1120. The number of imidazole rings is 1. The lowest BCUT2D eigenvalue weighted by molar-refractivity contribution is -0.143. The molecule has 3 unspecified atom stereocenters. The van der Waals surface area contributed by atoms with Gasteiger partial charge in [-0.1, -0.05) is 25.7 Å². The van der Waals surface area contributed by atoms with E-state index in [1.54, 1.807) is 4.90 Å². The predicted molar refractivity (Wildman–Crippen MR) is 137 cm³/mol. The third kappa shape index (κ3) is 4.60. The minimum absolute atomic E-state index is 0.0483. The molecule has 2 aliphatic carbocycles. The van der Waals surface area contributed by atoms with Gasteiger partial charge in [-0.05, 0) is 70.9 Å². The normalized spacial score (nSPS) is 26.0. The van der Waals surface area contributed by atoms with Crippen LogP contribution in [0.2, 0.25) is 0 Å². The van der Waals surface area contributed by atoms with Gasteiger partial charge in [0.05, 0.1) is 35.9 Å². The van der Waals surface area contributed by atoms with Gasteiger partial charge in [0, 0.05) is 17.6 Å². The number of benzene rings is 1. The molecule has 0 bridgehead atoms. The summed E-state index contributed by atoms with van der Waals surface area (Å²) >= 11 is 0. The molecule has 36 heavy (non-hydrogen) atoms. The summed E-state index contributed by atoms with van der Waals surface area (Å²) in [5.74, 6) is -0.169.